The molecule has 1 aromatic rings. The first kappa shape index (κ1) is 11.5. The predicted molar refractivity (Wildman–Crippen MR) is 59.7 cm³/mol. The Hall–Kier alpha value is -0.608. The molecule has 4 heteroatoms. The molecule has 1 rings (SSSR count). The summed E-state index contributed by atoms with van der Waals surface area (Å²) in [7, 11) is 4.49. The molecular formula is C10H14BFOSi. The molecule has 0 saturated heterocycles. The molecule has 0 aliphatic heterocycles. The molecule has 0 saturated carbocycles. The number of hydrogen-bond acceptors (Lipinski definition) is 1. The van der Waals surface area contributed by atoms with Gasteiger partial charge in [0.05, 0.1) is 14.0 Å². The number of halogens is 1. The van der Waals surface area contributed by atoms with Gasteiger partial charge in [0.15, 0.2) is 9.04 Å². The van der Waals surface area contributed by atoms with Crippen molar-refractivity contribution in [2.75, 3.05) is 0 Å². The molecule has 14 heavy (non-hydrogen) atoms. The molecule has 0 fully saturated rings. The molecule has 1 nitrogen and oxygen atoms in total. The van der Waals surface area contributed by atoms with Crippen molar-refractivity contribution in [2.45, 2.75) is 25.5 Å². The third-order valence-electron chi connectivity index (χ3n) is 1.89. The van der Waals surface area contributed by atoms with Crippen molar-refractivity contribution in [1.29, 1.82) is 0 Å². The zero-order chi connectivity index (χ0) is 10.6. The molecule has 0 N–H and O–H groups in total. The Kier molecular flexibility index (Phi) is 4.35. The Morgan fingerprint density at radius 2 is 1.93 bits per heavy atom. The first-order valence-electron chi connectivity index (χ1n) is 4.74. The quantitative estimate of drug-likeness (QED) is 0.690. The highest BCUT2D eigenvalue weighted by molar-refractivity contribution is 6.48. The van der Waals surface area contributed by atoms with E-state index in [1.54, 1.807) is 12.1 Å². The predicted octanol–water partition coefficient (Wildman–Crippen LogP) is 2.45. The van der Waals surface area contributed by atoms with Gasteiger partial charge in [-0.1, -0.05) is 18.5 Å². The zero-order valence-corrected chi connectivity index (χ0v) is 9.69. The van der Waals surface area contributed by atoms with E-state index in [1.807, 2.05) is 0 Å². The van der Waals surface area contributed by atoms with E-state index in [0.717, 1.165) is 5.56 Å². The van der Waals surface area contributed by atoms with Crippen molar-refractivity contribution < 1.29 is 8.82 Å². The molecule has 0 heterocycles. The second-order valence-corrected chi connectivity index (χ2v) is 5.83. The van der Waals surface area contributed by atoms with Gasteiger partial charge in [0.1, 0.15) is 5.82 Å². The van der Waals surface area contributed by atoms with Crippen LogP contribution in [0, 0.1) is 5.82 Å². The summed E-state index contributed by atoms with van der Waals surface area (Å²) in [5, 5.41) is 0. The molecule has 0 spiro atoms. The van der Waals surface area contributed by atoms with Crippen molar-refractivity contribution in [2.24, 2.45) is 0 Å². The van der Waals surface area contributed by atoms with Gasteiger partial charge in [0.25, 0.3) is 0 Å². The first-order chi connectivity index (χ1) is 6.63. The van der Waals surface area contributed by atoms with Gasteiger partial charge in [0, 0.05) is 0 Å². The summed E-state index contributed by atoms with van der Waals surface area (Å²) >= 11 is 0. The maximum absolute atomic E-state index is 12.7. The fourth-order valence-electron chi connectivity index (χ4n) is 1.28. The van der Waals surface area contributed by atoms with Crippen molar-refractivity contribution in [3.8, 4) is 0 Å². The lowest BCUT2D eigenvalue weighted by atomic mass is 9.94. The van der Waals surface area contributed by atoms with Gasteiger partial charge in [0.2, 0.25) is 0 Å². The molecule has 1 aromatic carbocycles. The van der Waals surface area contributed by atoms with E-state index in [2.05, 4.69) is 13.1 Å². The van der Waals surface area contributed by atoms with Crippen molar-refractivity contribution >= 4 is 16.9 Å². The van der Waals surface area contributed by atoms with E-state index in [1.165, 1.54) is 12.1 Å². The minimum absolute atomic E-state index is 0.0812. The van der Waals surface area contributed by atoms with Gasteiger partial charge >= 0.3 is 0 Å². The van der Waals surface area contributed by atoms with Crippen LogP contribution in [0.5, 0.6) is 0 Å². The fourth-order valence-corrected chi connectivity index (χ4v) is 2.20. The van der Waals surface area contributed by atoms with E-state index in [4.69, 9.17) is 12.3 Å². The third-order valence-corrected chi connectivity index (χ3v) is 2.77. The lowest BCUT2D eigenvalue weighted by Crippen LogP contribution is -2.13. The van der Waals surface area contributed by atoms with E-state index >= 15 is 0 Å². The molecule has 1 atom stereocenters. The van der Waals surface area contributed by atoms with Crippen LogP contribution < -0.4 is 0 Å². The van der Waals surface area contributed by atoms with Gasteiger partial charge in [-0.2, -0.15) is 0 Å². The summed E-state index contributed by atoms with van der Waals surface area (Å²) in [6.45, 7) is 4.18. The van der Waals surface area contributed by atoms with Crippen LogP contribution in [0.2, 0.25) is 19.4 Å². The van der Waals surface area contributed by atoms with E-state index in [9.17, 15) is 4.39 Å². The number of rotatable bonds is 4. The lowest BCUT2D eigenvalue weighted by Gasteiger charge is -2.19. The average Bonchev–Trinajstić information content (AvgIpc) is 2.15. The largest absolute Gasteiger partial charge is 0.414 e. The van der Waals surface area contributed by atoms with Crippen molar-refractivity contribution in [1.82, 2.24) is 0 Å². The smallest absolute Gasteiger partial charge is 0.171 e. The van der Waals surface area contributed by atoms with Gasteiger partial charge < -0.3 is 4.43 Å². The zero-order valence-electron chi connectivity index (χ0n) is 8.53. The molecule has 0 aromatic heterocycles. The van der Waals surface area contributed by atoms with E-state index in [0.29, 0.717) is 6.32 Å². The molecule has 0 aliphatic rings. The highest BCUT2D eigenvalue weighted by atomic mass is 28.3. The van der Waals surface area contributed by atoms with Crippen LogP contribution >= 0.6 is 0 Å². The molecule has 0 bridgehead atoms. The van der Waals surface area contributed by atoms with Crippen LogP contribution in [0.15, 0.2) is 24.3 Å². The minimum atomic E-state index is -1.10. The van der Waals surface area contributed by atoms with Crippen LogP contribution in [-0.2, 0) is 4.43 Å². The first-order valence-corrected chi connectivity index (χ1v) is 7.52. The maximum atomic E-state index is 12.7. The number of hydrogen-bond donors (Lipinski definition) is 0. The van der Waals surface area contributed by atoms with Gasteiger partial charge in [-0.25, -0.2) is 4.39 Å². The minimum Gasteiger partial charge on any atom is -0.414 e. The number of benzene rings is 1. The van der Waals surface area contributed by atoms with E-state index in [-0.39, 0.29) is 11.9 Å². The molecule has 0 amide bonds. The van der Waals surface area contributed by atoms with Gasteiger partial charge in [-0.3, -0.25) is 0 Å². The van der Waals surface area contributed by atoms with Gasteiger partial charge in [-0.15, -0.1) is 0 Å². The lowest BCUT2D eigenvalue weighted by molar-refractivity contribution is 0.231. The highest BCUT2D eigenvalue weighted by Gasteiger charge is 2.11. The van der Waals surface area contributed by atoms with Crippen LogP contribution in [0.25, 0.3) is 0 Å². The Bertz CT molecular complexity index is 276. The normalized spacial score (nSPS) is 13.1. The summed E-state index contributed by atoms with van der Waals surface area (Å²) in [4.78, 5) is 0. The summed E-state index contributed by atoms with van der Waals surface area (Å²) in [5.74, 6) is -0.230. The Labute approximate surface area is 87.4 Å². The molecule has 2 radical (unpaired) electrons. The monoisotopic (exact) mass is 208 g/mol. The fraction of sp³-hybridized carbons (Fsp3) is 0.400. The SMILES string of the molecule is [B]C[C@H](O[SiH](C)C)c1ccc(F)cc1. The van der Waals surface area contributed by atoms with Crippen molar-refractivity contribution in [3.05, 3.63) is 35.6 Å². The van der Waals surface area contributed by atoms with Crippen molar-refractivity contribution in [3.63, 3.8) is 0 Å². The standard InChI is InChI=1S/C10H14BFOSi/c1-14(2)13-10(7-11)8-3-5-9(12)6-4-8/h3-6,10,14H,7H2,1-2H3/t10-/m0/s1. The van der Waals surface area contributed by atoms with Crippen LogP contribution in [-0.4, -0.2) is 16.9 Å². The molecule has 0 aliphatic carbocycles. The Morgan fingerprint density at radius 1 is 1.36 bits per heavy atom. The third kappa shape index (κ3) is 3.27. The van der Waals surface area contributed by atoms with E-state index < -0.39 is 9.04 Å². The Morgan fingerprint density at radius 3 is 2.36 bits per heavy atom. The molecule has 74 valence electrons. The maximum Gasteiger partial charge on any atom is 0.171 e. The Balaban J connectivity index is 2.73. The average molecular weight is 208 g/mol. The summed E-state index contributed by atoms with van der Waals surface area (Å²) in [6, 6.07) is 6.32. The summed E-state index contributed by atoms with van der Waals surface area (Å²) < 4.78 is 18.4. The highest BCUT2D eigenvalue weighted by Crippen LogP contribution is 2.21. The van der Waals surface area contributed by atoms with Crippen LogP contribution in [0.4, 0.5) is 4.39 Å². The summed E-state index contributed by atoms with van der Waals surface area (Å²) in [6.07, 6.45) is 0.360. The topological polar surface area (TPSA) is 9.23 Å². The second-order valence-electron chi connectivity index (χ2n) is 3.46. The summed E-state index contributed by atoms with van der Waals surface area (Å²) in [5.41, 5.74) is 0.954. The second kappa shape index (κ2) is 5.32. The molecular weight excluding hydrogens is 194 g/mol. The van der Waals surface area contributed by atoms with Gasteiger partial charge in [-0.05, 0) is 30.8 Å². The van der Waals surface area contributed by atoms with Crippen LogP contribution in [0.3, 0.4) is 0 Å². The molecule has 0 unspecified atom stereocenters. The van der Waals surface area contributed by atoms with Crippen LogP contribution in [0.1, 0.15) is 11.7 Å².